The zero-order valence-electron chi connectivity index (χ0n) is 34.7. The van der Waals surface area contributed by atoms with E-state index in [1.165, 1.54) is 44.0 Å². The van der Waals surface area contributed by atoms with E-state index in [1.54, 1.807) is 14.1 Å². The van der Waals surface area contributed by atoms with E-state index in [9.17, 15) is 19.2 Å². The molecule has 12 heteroatoms. The molecule has 12 nitrogen and oxygen atoms in total. The quantitative estimate of drug-likeness (QED) is 0.0721. The summed E-state index contributed by atoms with van der Waals surface area (Å²) in [6.07, 6.45) is 12.8. The van der Waals surface area contributed by atoms with Gasteiger partial charge in [0, 0.05) is 52.4 Å². The summed E-state index contributed by atoms with van der Waals surface area (Å²) in [6, 6.07) is 16.6. The van der Waals surface area contributed by atoms with Crippen molar-refractivity contribution >= 4 is 54.6 Å². The van der Waals surface area contributed by atoms with Crippen LogP contribution in [0.4, 0.5) is 0 Å². The average molecular weight is 783 g/mol. The van der Waals surface area contributed by atoms with Crippen LogP contribution in [-0.4, -0.2) is 37.4 Å². The van der Waals surface area contributed by atoms with Gasteiger partial charge in [0.2, 0.25) is 0 Å². The molecule has 4 aromatic carbocycles. The average Bonchev–Trinajstić information content (AvgIpc) is 3.76. The number of rotatable bonds is 16. The van der Waals surface area contributed by atoms with Crippen molar-refractivity contribution in [3.05, 3.63) is 90.2 Å². The number of nitrogens with zero attached hydrogens (tertiary/aromatic N) is 8. The molecule has 8 rings (SSSR count). The molecule has 0 fully saturated rings. The molecule has 0 saturated carbocycles. The molecule has 0 bridgehead atoms. The summed E-state index contributed by atoms with van der Waals surface area (Å²) >= 11 is 0. The molecule has 0 unspecified atom stereocenters. The number of benzene rings is 4. The van der Waals surface area contributed by atoms with Crippen molar-refractivity contribution < 1.29 is 0 Å². The van der Waals surface area contributed by atoms with Gasteiger partial charge < -0.3 is 9.13 Å². The van der Waals surface area contributed by atoms with Gasteiger partial charge in [-0.2, -0.15) is 0 Å². The van der Waals surface area contributed by atoms with Crippen LogP contribution >= 0.6 is 0 Å². The lowest BCUT2D eigenvalue weighted by atomic mass is 9.89. The number of imidazole rings is 2. The molecule has 0 amide bonds. The van der Waals surface area contributed by atoms with E-state index in [-0.39, 0.29) is 22.5 Å². The first kappa shape index (κ1) is 39.1. The van der Waals surface area contributed by atoms with Crippen molar-refractivity contribution in [2.24, 2.45) is 28.2 Å². The van der Waals surface area contributed by atoms with E-state index in [1.807, 2.05) is 35.4 Å². The summed E-state index contributed by atoms with van der Waals surface area (Å²) < 4.78 is 9.38. The van der Waals surface area contributed by atoms with Crippen molar-refractivity contribution in [2.75, 3.05) is 0 Å². The van der Waals surface area contributed by atoms with Crippen LogP contribution in [0.2, 0.25) is 0 Å². The van der Waals surface area contributed by atoms with Crippen LogP contribution in [-0.2, 0) is 41.3 Å². The van der Waals surface area contributed by atoms with E-state index >= 15 is 0 Å². The second-order valence-corrected chi connectivity index (χ2v) is 16.1. The number of fused-ring (bicyclic) bond motifs is 2. The second-order valence-electron chi connectivity index (χ2n) is 16.1. The van der Waals surface area contributed by atoms with Gasteiger partial charge in [0.1, 0.15) is 11.6 Å². The second kappa shape index (κ2) is 15.9. The largest absolute Gasteiger partial charge is 0.332 e. The van der Waals surface area contributed by atoms with E-state index < -0.39 is 0 Å². The van der Waals surface area contributed by atoms with E-state index in [2.05, 4.69) is 50.2 Å². The summed E-state index contributed by atoms with van der Waals surface area (Å²) in [7, 11) is 7.08. The predicted molar refractivity (Wildman–Crippen MR) is 235 cm³/mol. The fourth-order valence-electron chi connectivity index (χ4n) is 9.05. The number of hydrogen-bond acceptors (Lipinski definition) is 6. The molecule has 0 aliphatic rings. The number of aromatic nitrogens is 8. The lowest BCUT2D eigenvalue weighted by Crippen LogP contribution is -2.39. The van der Waals surface area contributed by atoms with Gasteiger partial charge in [0.05, 0.1) is 0 Å². The van der Waals surface area contributed by atoms with Crippen LogP contribution < -0.4 is 22.5 Å². The lowest BCUT2D eigenvalue weighted by molar-refractivity contribution is 0.526. The predicted octanol–water partition coefficient (Wildman–Crippen LogP) is 8.13. The lowest BCUT2D eigenvalue weighted by Gasteiger charge is -2.16. The molecule has 4 aromatic heterocycles. The molecule has 8 aromatic rings. The molecule has 0 saturated heterocycles. The SMILES string of the molecule is CCCCCCCCn1c(=O)c2c(nc(-c3ccc4ccc5c(-c6nc7c(c(=O)n(CCCCCCCC)c(=O)n7C)n6C)ccc6ccc3c4c65)n2C)n(C)c1=O. The Morgan fingerprint density at radius 3 is 1.21 bits per heavy atom. The van der Waals surface area contributed by atoms with Gasteiger partial charge in [-0.1, -0.05) is 127 Å². The zero-order chi connectivity index (χ0) is 40.8. The standard InChI is InChI=1S/C46H54N8O4/c1-7-9-11-13-15-17-27-53-43(55)37-41(51(5)45(53)57)47-39(49(37)3)33-25-21-29-20-24-32-34(26-22-30-19-23-31(33)35(29)36(30)32)40-48-42-38(50(40)4)44(56)54(46(58)52(42)6)28-18-16-14-12-10-8-2/h19-26H,7-18,27-28H2,1-6H3. The van der Waals surface area contributed by atoms with Gasteiger partial charge in [-0.3, -0.25) is 27.9 Å². The monoisotopic (exact) mass is 782 g/mol. The van der Waals surface area contributed by atoms with Crippen molar-refractivity contribution in [3.8, 4) is 22.8 Å². The van der Waals surface area contributed by atoms with Gasteiger partial charge in [0.15, 0.2) is 22.3 Å². The molecule has 0 aliphatic carbocycles. The Morgan fingerprint density at radius 2 is 0.810 bits per heavy atom. The van der Waals surface area contributed by atoms with Gasteiger partial charge >= 0.3 is 11.4 Å². The smallest absolute Gasteiger partial charge is 0.321 e. The highest BCUT2D eigenvalue weighted by Gasteiger charge is 2.24. The molecular formula is C46H54N8O4. The van der Waals surface area contributed by atoms with Crippen molar-refractivity contribution in [1.29, 1.82) is 0 Å². The summed E-state index contributed by atoms with van der Waals surface area (Å²) in [5.41, 5.74) is 1.90. The highest BCUT2D eigenvalue weighted by molar-refractivity contribution is 6.27. The van der Waals surface area contributed by atoms with Gasteiger partial charge in [-0.05, 0) is 45.2 Å². The van der Waals surface area contributed by atoms with Crippen molar-refractivity contribution in [2.45, 2.75) is 104 Å². The zero-order valence-corrected chi connectivity index (χ0v) is 34.7. The Hall–Kier alpha value is -5.78. The molecule has 0 N–H and O–H groups in total. The minimum atomic E-state index is -0.350. The summed E-state index contributed by atoms with van der Waals surface area (Å²) in [5, 5.41) is 6.12. The molecule has 4 heterocycles. The third-order valence-corrected chi connectivity index (χ3v) is 12.3. The summed E-state index contributed by atoms with van der Waals surface area (Å²) in [4.78, 5) is 64.8. The Morgan fingerprint density at radius 1 is 0.448 bits per heavy atom. The third kappa shape index (κ3) is 6.37. The summed E-state index contributed by atoms with van der Waals surface area (Å²) in [6.45, 7) is 5.14. The Balaban J connectivity index is 1.23. The Labute approximate surface area is 336 Å². The fourth-order valence-corrected chi connectivity index (χ4v) is 9.05. The molecule has 302 valence electrons. The fraction of sp³-hybridized carbons (Fsp3) is 0.435. The van der Waals surface area contributed by atoms with E-state index in [0.29, 0.717) is 47.1 Å². The summed E-state index contributed by atoms with van der Waals surface area (Å²) in [5.74, 6) is 1.21. The van der Waals surface area contributed by atoms with Crippen molar-refractivity contribution in [3.63, 3.8) is 0 Å². The van der Waals surface area contributed by atoms with Gasteiger partial charge in [-0.25, -0.2) is 19.6 Å². The van der Waals surface area contributed by atoms with E-state index in [0.717, 1.165) is 94.8 Å². The van der Waals surface area contributed by atoms with Crippen LogP contribution in [0.15, 0.2) is 67.7 Å². The van der Waals surface area contributed by atoms with Gasteiger partial charge in [-0.15, -0.1) is 0 Å². The highest BCUT2D eigenvalue weighted by Crippen LogP contribution is 2.42. The maximum Gasteiger partial charge on any atom is 0.332 e. The normalized spacial score (nSPS) is 12.2. The van der Waals surface area contributed by atoms with Crippen molar-refractivity contribution in [1.82, 2.24) is 37.4 Å². The maximum absolute atomic E-state index is 13.9. The molecule has 0 aliphatic heterocycles. The van der Waals surface area contributed by atoms with Crippen LogP contribution in [0.25, 0.3) is 77.4 Å². The molecule has 0 spiro atoms. The first-order valence-corrected chi connectivity index (χ1v) is 21.1. The van der Waals surface area contributed by atoms with Gasteiger partial charge in [0.25, 0.3) is 11.1 Å². The van der Waals surface area contributed by atoms with E-state index in [4.69, 9.17) is 9.97 Å². The molecule has 58 heavy (non-hydrogen) atoms. The first-order valence-electron chi connectivity index (χ1n) is 21.1. The van der Waals surface area contributed by atoms with Crippen LogP contribution in [0.3, 0.4) is 0 Å². The van der Waals surface area contributed by atoms with Crippen LogP contribution in [0, 0.1) is 0 Å². The molecule has 0 radical (unpaired) electrons. The Kier molecular flexibility index (Phi) is 10.7. The molecule has 0 atom stereocenters. The number of aryl methyl sites for hydroxylation is 4. The highest BCUT2D eigenvalue weighted by atomic mass is 16.2. The number of hydrogen-bond donors (Lipinski definition) is 0. The maximum atomic E-state index is 13.9. The molecular weight excluding hydrogens is 729 g/mol. The topological polar surface area (TPSA) is 124 Å². The van der Waals surface area contributed by atoms with Crippen LogP contribution in [0.5, 0.6) is 0 Å². The number of unbranched alkanes of at least 4 members (excludes halogenated alkanes) is 10. The first-order chi connectivity index (χ1) is 28.1. The minimum Gasteiger partial charge on any atom is -0.321 e. The minimum absolute atomic E-state index is 0.315. The van der Waals surface area contributed by atoms with Crippen LogP contribution in [0.1, 0.15) is 90.9 Å². The Bertz CT molecular complexity index is 2870. The third-order valence-electron chi connectivity index (χ3n) is 12.3.